The first-order chi connectivity index (χ1) is 9.15. The van der Waals surface area contributed by atoms with Gasteiger partial charge >= 0.3 is 0 Å². The first-order valence-electron chi connectivity index (χ1n) is 6.12. The molecule has 19 heavy (non-hydrogen) atoms. The lowest BCUT2D eigenvalue weighted by Gasteiger charge is -2.16. The third-order valence-corrected chi connectivity index (χ3v) is 4.48. The van der Waals surface area contributed by atoms with Crippen LogP contribution in [0, 0.1) is 0 Å². The molecule has 0 aromatic heterocycles. The Balaban J connectivity index is 2.23. The zero-order valence-corrected chi connectivity index (χ0v) is 13.1. The molecule has 0 radical (unpaired) electrons. The number of Topliss-reactive ketones (excluding diaryl/α,β-unsaturated/α-hetero) is 1. The predicted molar refractivity (Wildman–Crippen MR) is 84.5 cm³/mol. The molecule has 0 aliphatic heterocycles. The second-order valence-electron chi connectivity index (χ2n) is 4.38. The lowest BCUT2D eigenvalue weighted by atomic mass is 10.1. The fraction of sp³-hybridized carbons (Fsp3) is 0.188. The van der Waals surface area contributed by atoms with Gasteiger partial charge in [0.1, 0.15) is 5.78 Å². The number of halogens is 1. The molecule has 0 saturated heterocycles. The second kappa shape index (κ2) is 6.92. The Labute approximate surface area is 126 Å². The van der Waals surface area contributed by atoms with Gasteiger partial charge in [-0.15, -0.1) is 11.8 Å². The van der Waals surface area contributed by atoms with Gasteiger partial charge in [-0.3, -0.25) is 4.79 Å². The third-order valence-electron chi connectivity index (χ3n) is 2.71. The van der Waals surface area contributed by atoms with E-state index in [1.165, 1.54) is 10.5 Å². The normalized spacial score (nSPS) is 12.1. The topological polar surface area (TPSA) is 17.1 Å². The summed E-state index contributed by atoms with van der Waals surface area (Å²) in [6.45, 7) is 1.65. The summed E-state index contributed by atoms with van der Waals surface area (Å²) < 4.78 is 1.05. The molecule has 0 fully saturated rings. The molecule has 2 rings (SSSR count). The largest absolute Gasteiger partial charge is 0.300 e. The summed E-state index contributed by atoms with van der Waals surface area (Å²) in [6, 6.07) is 18.4. The van der Waals surface area contributed by atoms with Crippen LogP contribution >= 0.6 is 27.7 Å². The van der Waals surface area contributed by atoms with Gasteiger partial charge in [-0.1, -0.05) is 46.3 Å². The molecule has 3 heteroatoms. The minimum Gasteiger partial charge on any atom is -0.300 e. The summed E-state index contributed by atoms with van der Waals surface area (Å²) in [6.07, 6.45) is 0.552. The maximum absolute atomic E-state index is 11.5. The van der Waals surface area contributed by atoms with Crippen LogP contribution in [0.15, 0.2) is 64.0 Å². The molecule has 1 unspecified atom stereocenters. The standard InChI is InChI=1S/C16H15BrOS/c1-12(18)10-16(13-6-5-7-14(17)11-13)19-15-8-3-2-4-9-15/h2-9,11,16H,10H2,1H3. The number of hydrogen-bond acceptors (Lipinski definition) is 2. The minimum atomic E-state index is 0.164. The van der Waals surface area contributed by atoms with Crippen molar-refractivity contribution in [2.45, 2.75) is 23.5 Å². The van der Waals surface area contributed by atoms with Crippen LogP contribution < -0.4 is 0 Å². The van der Waals surface area contributed by atoms with Crippen LogP contribution in [-0.4, -0.2) is 5.78 Å². The summed E-state index contributed by atoms with van der Waals surface area (Å²) >= 11 is 5.23. The number of rotatable bonds is 5. The van der Waals surface area contributed by atoms with Crippen molar-refractivity contribution in [1.29, 1.82) is 0 Å². The van der Waals surface area contributed by atoms with Gasteiger partial charge in [0.05, 0.1) is 0 Å². The van der Waals surface area contributed by atoms with E-state index in [4.69, 9.17) is 0 Å². The van der Waals surface area contributed by atoms with E-state index in [0.717, 1.165) is 4.47 Å². The van der Waals surface area contributed by atoms with Gasteiger partial charge in [0.2, 0.25) is 0 Å². The number of thioether (sulfide) groups is 1. The Kier molecular flexibility index (Phi) is 5.23. The highest BCUT2D eigenvalue weighted by Crippen LogP contribution is 2.38. The number of benzene rings is 2. The Morgan fingerprint density at radius 3 is 2.53 bits per heavy atom. The number of carbonyl (C=O) groups is 1. The molecule has 2 aromatic rings. The zero-order valence-electron chi connectivity index (χ0n) is 10.7. The smallest absolute Gasteiger partial charge is 0.131 e. The van der Waals surface area contributed by atoms with Crippen LogP contribution in [0.3, 0.4) is 0 Å². The Hall–Kier alpha value is -1.06. The van der Waals surface area contributed by atoms with E-state index < -0.39 is 0 Å². The summed E-state index contributed by atoms with van der Waals surface area (Å²) in [5, 5.41) is 0.164. The van der Waals surface area contributed by atoms with Gasteiger partial charge in [-0.2, -0.15) is 0 Å². The molecule has 0 amide bonds. The van der Waals surface area contributed by atoms with Crippen LogP contribution in [0.5, 0.6) is 0 Å². The third kappa shape index (κ3) is 4.51. The fourth-order valence-electron chi connectivity index (χ4n) is 1.86. The quantitative estimate of drug-likeness (QED) is 0.693. The van der Waals surface area contributed by atoms with Gasteiger partial charge in [-0.25, -0.2) is 0 Å². The maximum Gasteiger partial charge on any atom is 0.131 e. The van der Waals surface area contributed by atoms with Crippen molar-refractivity contribution in [1.82, 2.24) is 0 Å². The fourth-order valence-corrected chi connectivity index (χ4v) is 3.52. The van der Waals surface area contributed by atoms with Crippen LogP contribution in [0.1, 0.15) is 24.2 Å². The van der Waals surface area contributed by atoms with Gasteiger partial charge in [0.15, 0.2) is 0 Å². The lowest BCUT2D eigenvalue weighted by molar-refractivity contribution is -0.117. The van der Waals surface area contributed by atoms with E-state index in [9.17, 15) is 4.79 Å². The van der Waals surface area contributed by atoms with E-state index >= 15 is 0 Å². The Morgan fingerprint density at radius 1 is 1.16 bits per heavy atom. The van der Waals surface area contributed by atoms with Crippen molar-refractivity contribution in [2.75, 3.05) is 0 Å². The van der Waals surface area contributed by atoms with E-state index in [0.29, 0.717) is 6.42 Å². The number of hydrogen-bond donors (Lipinski definition) is 0. The molecule has 2 aromatic carbocycles. The molecule has 0 aliphatic carbocycles. The monoisotopic (exact) mass is 334 g/mol. The van der Waals surface area contributed by atoms with Gasteiger partial charge in [-0.05, 0) is 36.8 Å². The Morgan fingerprint density at radius 2 is 1.89 bits per heavy atom. The van der Waals surface area contributed by atoms with Crippen molar-refractivity contribution >= 4 is 33.5 Å². The summed E-state index contributed by atoms with van der Waals surface area (Å²) in [5.74, 6) is 0.216. The highest BCUT2D eigenvalue weighted by Gasteiger charge is 2.15. The summed E-state index contributed by atoms with van der Waals surface area (Å²) in [5.41, 5.74) is 1.18. The van der Waals surface area contributed by atoms with Gasteiger partial charge in [0, 0.05) is 21.0 Å². The molecular weight excluding hydrogens is 320 g/mol. The highest BCUT2D eigenvalue weighted by atomic mass is 79.9. The molecule has 0 spiro atoms. The average molecular weight is 335 g/mol. The zero-order chi connectivity index (χ0) is 13.7. The van der Waals surface area contributed by atoms with Gasteiger partial charge < -0.3 is 0 Å². The first kappa shape index (κ1) is 14.4. The molecule has 0 aliphatic rings. The first-order valence-corrected chi connectivity index (χ1v) is 7.79. The van der Waals surface area contributed by atoms with Crippen molar-refractivity contribution in [3.8, 4) is 0 Å². The summed E-state index contributed by atoms with van der Waals surface area (Å²) in [4.78, 5) is 12.7. The van der Waals surface area contributed by atoms with Crippen molar-refractivity contribution in [3.05, 3.63) is 64.6 Å². The van der Waals surface area contributed by atoms with Gasteiger partial charge in [0.25, 0.3) is 0 Å². The SMILES string of the molecule is CC(=O)CC(Sc1ccccc1)c1cccc(Br)c1. The Bertz CT molecular complexity index is 554. The highest BCUT2D eigenvalue weighted by molar-refractivity contribution is 9.10. The van der Waals surface area contributed by atoms with Crippen molar-refractivity contribution < 1.29 is 4.79 Å². The van der Waals surface area contributed by atoms with Crippen molar-refractivity contribution in [3.63, 3.8) is 0 Å². The van der Waals surface area contributed by atoms with E-state index in [-0.39, 0.29) is 11.0 Å². The van der Waals surface area contributed by atoms with Crippen molar-refractivity contribution in [2.24, 2.45) is 0 Å². The summed E-state index contributed by atoms with van der Waals surface area (Å²) in [7, 11) is 0. The van der Waals surface area contributed by atoms with Crippen LogP contribution in [-0.2, 0) is 4.79 Å². The second-order valence-corrected chi connectivity index (χ2v) is 6.57. The average Bonchev–Trinajstić information content (AvgIpc) is 2.39. The minimum absolute atomic E-state index is 0.164. The van der Waals surface area contributed by atoms with E-state index in [1.54, 1.807) is 18.7 Å². The molecule has 0 bridgehead atoms. The molecule has 98 valence electrons. The molecule has 0 saturated carbocycles. The van der Waals surface area contributed by atoms with E-state index in [2.05, 4.69) is 40.2 Å². The molecule has 0 heterocycles. The van der Waals surface area contributed by atoms with Crippen LogP contribution in [0.4, 0.5) is 0 Å². The number of carbonyl (C=O) groups excluding carboxylic acids is 1. The molecule has 1 nitrogen and oxygen atoms in total. The van der Waals surface area contributed by atoms with Crippen LogP contribution in [0.2, 0.25) is 0 Å². The molecule has 0 N–H and O–H groups in total. The van der Waals surface area contributed by atoms with E-state index in [1.807, 2.05) is 30.3 Å². The molecule has 1 atom stereocenters. The molecular formula is C16H15BrOS. The number of ketones is 1. The van der Waals surface area contributed by atoms with Crippen LogP contribution in [0.25, 0.3) is 0 Å². The lowest BCUT2D eigenvalue weighted by Crippen LogP contribution is -2.01. The predicted octanol–water partition coefficient (Wildman–Crippen LogP) is 5.26. The maximum atomic E-state index is 11.5.